The second-order valence-corrected chi connectivity index (χ2v) is 5.01. The highest BCUT2D eigenvalue weighted by molar-refractivity contribution is 5.91. The predicted octanol–water partition coefficient (Wildman–Crippen LogP) is 3.35. The average molecular weight is 227 g/mol. The minimum Gasteiger partial charge on any atom is -0.507 e. The summed E-state index contributed by atoms with van der Waals surface area (Å²) in [6.07, 6.45) is 3.71. The number of fused-ring (bicyclic) bond motifs is 1. The molecule has 88 valence electrons. The Morgan fingerprint density at radius 2 is 1.82 bits per heavy atom. The topological polar surface area (TPSA) is 46.2 Å². The largest absolute Gasteiger partial charge is 0.507 e. The second-order valence-electron chi connectivity index (χ2n) is 5.01. The summed E-state index contributed by atoms with van der Waals surface area (Å²) >= 11 is 0. The van der Waals surface area contributed by atoms with Crippen molar-refractivity contribution in [3.05, 3.63) is 42.0 Å². The van der Waals surface area contributed by atoms with Crippen LogP contribution >= 0.6 is 0 Å². The van der Waals surface area contributed by atoms with E-state index in [0.717, 1.165) is 28.7 Å². The second kappa shape index (κ2) is 4.04. The van der Waals surface area contributed by atoms with E-state index < -0.39 is 0 Å². The molecule has 0 amide bonds. The Morgan fingerprint density at radius 3 is 2.53 bits per heavy atom. The molecule has 2 aromatic carbocycles. The summed E-state index contributed by atoms with van der Waals surface area (Å²) in [5.41, 5.74) is 7.43. The first-order valence-corrected chi connectivity index (χ1v) is 6.22. The van der Waals surface area contributed by atoms with Crippen LogP contribution in [0.5, 0.6) is 5.75 Å². The van der Waals surface area contributed by atoms with Gasteiger partial charge in [0.05, 0.1) is 0 Å². The molecule has 0 radical (unpaired) electrons. The molecule has 0 saturated heterocycles. The summed E-state index contributed by atoms with van der Waals surface area (Å²) in [6.45, 7) is 0. The SMILES string of the molecule is N[C@H](CC1CC1)c1ccc(O)c2ccccc12. The number of hydrogen-bond acceptors (Lipinski definition) is 2. The van der Waals surface area contributed by atoms with Crippen molar-refractivity contribution in [1.82, 2.24) is 0 Å². The molecule has 2 heteroatoms. The van der Waals surface area contributed by atoms with Gasteiger partial charge in [0.2, 0.25) is 0 Å². The lowest BCUT2D eigenvalue weighted by Gasteiger charge is -2.15. The molecule has 1 fully saturated rings. The molecular formula is C15H17NO. The molecule has 1 saturated carbocycles. The third-order valence-corrected chi connectivity index (χ3v) is 3.62. The highest BCUT2D eigenvalue weighted by Crippen LogP contribution is 2.39. The van der Waals surface area contributed by atoms with E-state index in [1.165, 1.54) is 12.8 Å². The molecule has 0 bridgehead atoms. The zero-order valence-corrected chi connectivity index (χ0v) is 9.76. The Hall–Kier alpha value is -1.54. The molecule has 17 heavy (non-hydrogen) atoms. The van der Waals surface area contributed by atoms with Gasteiger partial charge in [0.1, 0.15) is 5.75 Å². The van der Waals surface area contributed by atoms with E-state index in [9.17, 15) is 5.11 Å². The van der Waals surface area contributed by atoms with Gasteiger partial charge in [-0.15, -0.1) is 0 Å². The van der Waals surface area contributed by atoms with Gasteiger partial charge in [-0.2, -0.15) is 0 Å². The van der Waals surface area contributed by atoms with Crippen LogP contribution in [0.3, 0.4) is 0 Å². The first-order chi connectivity index (χ1) is 8.25. The number of hydrogen-bond donors (Lipinski definition) is 2. The van der Waals surface area contributed by atoms with Crippen LogP contribution in [-0.2, 0) is 0 Å². The van der Waals surface area contributed by atoms with Gasteiger partial charge in [-0.25, -0.2) is 0 Å². The number of rotatable bonds is 3. The van der Waals surface area contributed by atoms with Gasteiger partial charge in [0.15, 0.2) is 0 Å². The lowest BCUT2D eigenvalue weighted by atomic mass is 9.95. The van der Waals surface area contributed by atoms with E-state index >= 15 is 0 Å². The van der Waals surface area contributed by atoms with E-state index in [4.69, 9.17) is 5.73 Å². The van der Waals surface area contributed by atoms with Crippen LogP contribution < -0.4 is 5.73 Å². The van der Waals surface area contributed by atoms with E-state index in [1.807, 2.05) is 30.3 Å². The van der Waals surface area contributed by atoms with Crippen molar-refractivity contribution in [1.29, 1.82) is 0 Å². The first-order valence-electron chi connectivity index (χ1n) is 6.22. The molecule has 0 aromatic heterocycles. The van der Waals surface area contributed by atoms with Crippen LogP contribution in [0.1, 0.15) is 30.9 Å². The molecule has 1 atom stereocenters. The molecule has 1 aliphatic carbocycles. The van der Waals surface area contributed by atoms with Gasteiger partial charge >= 0.3 is 0 Å². The van der Waals surface area contributed by atoms with Crippen molar-refractivity contribution in [2.24, 2.45) is 11.7 Å². The molecule has 2 nitrogen and oxygen atoms in total. The predicted molar refractivity (Wildman–Crippen MR) is 69.9 cm³/mol. The maximum absolute atomic E-state index is 9.83. The van der Waals surface area contributed by atoms with Crippen molar-refractivity contribution < 1.29 is 5.11 Å². The molecule has 0 aliphatic heterocycles. The number of aromatic hydroxyl groups is 1. The minimum atomic E-state index is 0.0907. The van der Waals surface area contributed by atoms with E-state index in [0.29, 0.717) is 5.75 Å². The molecule has 0 spiro atoms. The highest BCUT2D eigenvalue weighted by Gasteiger charge is 2.25. The van der Waals surface area contributed by atoms with Crippen molar-refractivity contribution in [3.63, 3.8) is 0 Å². The lowest BCUT2D eigenvalue weighted by Crippen LogP contribution is -2.11. The van der Waals surface area contributed by atoms with Crippen molar-refractivity contribution in [2.75, 3.05) is 0 Å². The number of benzene rings is 2. The Morgan fingerprint density at radius 1 is 1.12 bits per heavy atom. The van der Waals surface area contributed by atoms with Gasteiger partial charge in [-0.05, 0) is 29.4 Å². The minimum absolute atomic E-state index is 0.0907. The Labute approximate surface area is 101 Å². The average Bonchev–Trinajstić information content (AvgIpc) is 3.14. The summed E-state index contributed by atoms with van der Waals surface area (Å²) in [6, 6.07) is 11.7. The summed E-state index contributed by atoms with van der Waals surface area (Å²) in [4.78, 5) is 0. The Bertz CT molecular complexity index is 546. The zero-order chi connectivity index (χ0) is 11.8. The third-order valence-electron chi connectivity index (χ3n) is 3.62. The molecule has 0 unspecified atom stereocenters. The smallest absolute Gasteiger partial charge is 0.123 e. The summed E-state index contributed by atoms with van der Waals surface area (Å²) in [5.74, 6) is 1.15. The van der Waals surface area contributed by atoms with E-state index in [-0.39, 0.29) is 6.04 Å². The van der Waals surface area contributed by atoms with Gasteiger partial charge < -0.3 is 10.8 Å². The van der Waals surface area contributed by atoms with Crippen molar-refractivity contribution in [2.45, 2.75) is 25.3 Å². The summed E-state index contributed by atoms with van der Waals surface area (Å²) in [7, 11) is 0. The molecule has 3 N–H and O–H groups in total. The van der Waals surface area contributed by atoms with Gasteiger partial charge in [-0.1, -0.05) is 43.2 Å². The normalized spacial score (nSPS) is 17.2. The zero-order valence-electron chi connectivity index (χ0n) is 9.76. The quantitative estimate of drug-likeness (QED) is 0.844. The molecular weight excluding hydrogens is 210 g/mol. The maximum atomic E-state index is 9.83. The van der Waals surface area contributed by atoms with Crippen LogP contribution in [0.4, 0.5) is 0 Å². The van der Waals surface area contributed by atoms with Gasteiger partial charge in [-0.3, -0.25) is 0 Å². The van der Waals surface area contributed by atoms with Crippen molar-refractivity contribution in [3.8, 4) is 5.75 Å². The van der Waals surface area contributed by atoms with E-state index in [1.54, 1.807) is 6.07 Å². The fraction of sp³-hybridized carbons (Fsp3) is 0.333. The highest BCUT2D eigenvalue weighted by atomic mass is 16.3. The number of phenols is 1. The van der Waals surface area contributed by atoms with Gasteiger partial charge in [0, 0.05) is 11.4 Å². The number of phenolic OH excluding ortho intramolecular Hbond substituents is 1. The molecule has 1 aliphatic rings. The fourth-order valence-electron chi connectivity index (χ4n) is 2.47. The van der Waals surface area contributed by atoms with Crippen LogP contribution in [0.25, 0.3) is 10.8 Å². The fourth-order valence-corrected chi connectivity index (χ4v) is 2.47. The van der Waals surface area contributed by atoms with Gasteiger partial charge in [0.25, 0.3) is 0 Å². The van der Waals surface area contributed by atoms with Crippen LogP contribution in [0, 0.1) is 5.92 Å². The standard InChI is InChI=1S/C15H17NO/c16-14(9-10-5-6-10)12-7-8-15(17)13-4-2-1-3-11(12)13/h1-4,7-8,10,14,17H,5-6,9,16H2/t14-/m1/s1. The molecule has 0 heterocycles. The lowest BCUT2D eigenvalue weighted by molar-refractivity contribution is 0.481. The Kier molecular flexibility index (Phi) is 2.52. The Balaban J connectivity index is 2.05. The van der Waals surface area contributed by atoms with Crippen molar-refractivity contribution >= 4 is 10.8 Å². The first kappa shape index (κ1) is 10.6. The van der Waals surface area contributed by atoms with Crippen LogP contribution in [0.15, 0.2) is 36.4 Å². The maximum Gasteiger partial charge on any atom is 0.123 e. The number of nitrogens with two attached hydrogens (primary N) is 1. The third kappa shape index (κ3) is 2.01. The summed E-state index contributed by atoms with van der Waals surface area (Å²) < 4.78 is 0. The molecule has 2 aromatic rings. The van der Waals surface area contributed by atoms with Crippen LogP contribution in [-0.4, -0.2) is 5.11 Å². The van der Waals surface area contributed by atoms with Crippen LogP contribution in [0.2, 0.25) is 0 Å². The molecule has 3 rings (SSSR count). The monoisotopic (exact) mass is 227 g/mol. The summed E-state index contributed by atoms with van der Waals surface area (Å²) in [5, 5.41) is 11.8. The van der Waals surface area contributed by atoms with E-state index in [2.05, 4.69) is 0 Å².